The minimum Gasteiger partial charge on any atom is -0.497 e. The van der Waals surface area contributed by atoms with Crippen LogP contribution >= 0.6 is 0 Å². The van der Waals surface area contributed by atoms with Crippen LogP contribution in [0, 0.1) is 5.92 Å². The van der Waals surface area contributed by atoms with E-state index in [2.05, 4.69) is 0 Å². The number of nitrogens with zero attached hydrogens (tertiary/aromatic N) is 1. The summed E-state index contributed by atoms with van der Waals surface area (Å²) in [6, 6.07) is 14.4. The van der Waals surface area contributed by atoms with Crippen LogP contribution in [-0.4, -0.2) is 43.4 Å². The molecule has 5 heteroatoms. The van der Waals surface area contributed by atoms with Crippen LogP contribution in [-0.2, 0) is 0 Å². The summed E-state index contributed by atoms with van der Waals surface area (Å²) in [6.07, 6.45) is 1.38. The van der Waals surface area contributed by atoms with Gasteiger partial charge in [0.05, 0.1) is 13.7 Å². The van der Waals surface area contributed by atoms with Gasteiger partial charge in [-0.2, -0.15) is 0 Å². The predicted octanol–water partition coefficient (Wildman–Crippen LogP) is 3.83. The molecule has 3 rings (SSSR count). The van der Waals surface area contributed by atoms with Gasteiger partial charge in [0.1, 0.15) is 11.5 Å². The van der Waals surface area contributed by atoms with Crippen LogP contribution in [0.3, 0.4) is 0 Å². The standard InChI is InChI=1S/C22H25NO4/c1-3-27-20-10-6-18(7-11-20)22(25)23-14-12-17(13-15-23)21(24)16-4-8-19(26-2)9-5-16/h4-11,17H,3,12-15H2,1-2H3. The lowest BCUT2D eigenvalue weighted by molar-refractivity contribution is 0.0650. The highest BCUT2D eigenvalue weighted by molar-refractivity contribution is 5.98. The number of hydrogen-bond donors (Lipinski definition) is 0. The molecule has 0 aromatic heterocycles. The van der Waals surface area contributed by atoms with E-state index in [9.17, 15) is 9.59 Å². The molecule has 0 atom stereocenters. The zero-order valence-corrected chi connectivity index (χ0v) is 15.8. The third kappa shape index (κ3) is 4.48. The summed E-state index contributed by atoms with van der Waals surface area (Å²) in [4.78, 5) is 27.2. The van der Waals surface area contributed by atoms with Crippen LogP contribution in [0.5, 0.6) is 11.5 Å². The molecule has 1 aliphatic rings. The molecule has 2 aromatic carbocycles. The number of carbonyl (C=O) groups excluding carboxylic acids is 2. The van der Waals surface area contributed by atoms with Gasteiger partial charge in [0.2, 0.25) is 0 Å². The fourth-order valence-electron chi connectivity index (χ4n) is 3.38. The van der Waals surface area contributed by atoms with Gasteiger partial charge >= 0.3 is 0 Å². The van der Waals surface area contributed by atoms with Crippen molar-refractivity contribution in [2.75, 3.05) is 26.8 Å². The van der Waals surface area contributed by atoms with E-state index in [4.69, 9.17) is 9.47 Å². The number of amides is 1. The third-order valence-electron chi connectivity index (χ3n) is 4.94. The maximum absolute atomic E-state index is 12.7. The van der Waals surface area contributed by atoms with E-state index in [1.807, 2.05) is 24.0 Å². The Morgan fingerprint density at radius 1 is 0.926 bits per heavy atom. The number of rotatable bonds is 6. The van der Waals surface area contributed by atoms with Crippen molar-refractivity contribution in [2.24, 2.45) is 5.92 Å². The van der Waals surface area contributed by atoms with Crippen molar-refractivity contribution in [3.63, 3.8) is 0 Å². The molecule has 0 aliphatic carbocycles. The molecule has 5 nitrogen and oxygen atoms in total. The Labute approximate surface area is 159 Å². The smallest absolute Gasteiger partial charge is 0.253 e. The van der Waals surface area contributed by atoms with Gasteiger partial charge in [0.15, 0.2) is 5.78 Å². The van der Waals surface area contributed by atoms with Crippen LogP contribution in [0.2, 0.25) is 0 Å². The number of likely N-dealkylation sites (tertiary alicyclic amines) is 1. The van der Waals surface area contributed by atoms with Gasteiger partial charge in [-0.1, -0.05) is 0 Å². The molecule has 0 spiro atoms. The van der Waals surface area contributed by atoms with Crippen molar-refractivity contribution in [1.82, 2.24) is 4.90 Å². The van der Waals surface area contributed by atoms with E-state index < -0.39 is 0 Å². The topological polar surface area (TPSA) is 55.8 Å². The van der Waals surface area contributed by atoms with Gasteiger partial charge in [0, 0.05) is 30.1 Å². The summed E-state index contributed by atoms with van der Waals surface area (Å²) in [5.41, 5.74) is 1.35. The summed E-state index contributed by atoms with van der Waals surface area (Å²) < 4.78 is 10.5. The molecule has 0 saturated carbocycles. The average molecular weight is 367 g/mol. The third-order valence-corrected chi connectivity index (χ3v) is 4.94. The number of Topliss-reactive ketones (excluding diaryl/α,β-unsaturated/α-hetero) is 1. The van der Waals surface area contributed by atoms with E-state index in [0.717, 1.165) is 11.5 Å². The van der Waals surface area contributed by atoms with Gasteiger partial charge in [-0.15, -0.1) is 0 Å². The Kier molecular flexibility index (Phi) is 6.12. The van der Waals surface area contributed by atoms with Gasteiger partial charge in [0.25, 0.3) is 5.91 Å². The van der Waals surface area contributed by atoms with Gasteiger partial charge in [-0.25, -0.2) is 0 Å². The first-order valence-electron chi connectivity index (χ1n) is 9.32. The maximum Gasteiger partial charge on any atom is 0.253 e. The molecule has 1 aliphatic heterocycles. The highest BCUT2D eigenvalue weighted by Gasteiger charge is 2.28. The number of ketones is 1. The first-order chi connectivity index (χ1) is 13.1. The summed E-state index contributed by atoms with van der Waals surface area (Å²) in [5.74, 6) is 1.61. The molecule has 27 heavy (non-hydrogen) atoms. The van der Waals surface area contributed by atoms with Crippen molar-refractivity contribution >= 4 is 11.7 Å². The Balaban J connectivity index is 1.57. The van der Waals surface area contributed by atoms with Crippen LogP contribution in [0.1, 0.15) is 40.5 Å². The second kappa shape index (κ2) is 8.71. The fourth-order valence-corrected chi connectivity index (χ4v) is 3.38. The number of piperidine rings is 1. The fraction of sp³-hybridized carbons (Fsp3) is 0.364. The van der Waals surface area contributed by atoms with E-state index >= 15 is 0 Å². The molecule has 2 aromatic rings. The van der Waals surface area contributed by atoms with Crippen LogP contribution < -0.4 is 9.47 Å². The normalized spacial score (nSPS) is 14.7. The number of methoxy groups -OCH3 is 1. The van der Waals surface area contributed by atoms with E-state index in [1.54, 1.807) is 43.5 Å². The molecule has 1 amide bonds. The van der Waals surface area contributed by atoms with Crippen LogP contribution in [0.15, 0.2) is 48.5 Å². The molecule has 0 unspecified atom stereocenters. The lowest BCUT2D eigenvalue weighted by Gasteiger charge is -2.31. The van der Waals surface area contributed by atoms with E-state index in [1.165, 1.54) is 0 Å². The van der Waals surface area contributed by atoms with Crippen molar-refractivity contribution in [2.45, 2.75) is 19.8 Å². The summed E-state index contributed by atoms with van der Waals surface area (Å²) in [7, 11) is 1.61. The van der Waals surface area contributed by atoms with Gasteiger partial charge in [-0.3, -0.25) is 9.59 Å². The Morgan fingerprint density at radius 2 is 1.48 bits per heavy atom. The summed E-state index contributed by atoms with van der Waals surface area (Å²) in [6.45, 7) is 3.72. The van der Waals surface area contributed by atoms with E-state index in [-0.39, 0.29) is 17.6 Å². The molecule has 142 valence electrons. The maximum atomic E-state index is 12.7. The zero-order valence-electron chi connectivity index (χ0n) is 15.8. The molecule has 1 heterocycles. The number of benzene rings is 2. The lowest BCUT2D eigenvalue weighted by atomic mass is 9.88. The Morgan fingerprint density at radius 3 is 2.04 bits per heavy atom. The molecule has 0 radical (unpaired) electrons. The van der Waals surface area contributed by atoms with Gasteiger partial charge in [-0.05, 0) is 68.3 Å². The minimum atomic E-state index is -0.0391. The van der Waals surface area contributed by atoms with Crippen LogP contribution in [0.4, 0.5) is 0 Å². The van der Waals surface area contributed by atoms with Gasteiger partial charge < -0.3 is 14.4 Å². The Hall–Kier alpha value is -2.82. The minimum absolute atomic E-state index is 0.00777. The number of carbonyl (C=O) groups is 2. The first-order valence-corrected chi connectivity index (χ1v) is 9.32. The summed E-state index contributed by atoms with van der Waals surface area (Å²) in [5, 5.41) is 0. The van der Waals surface area contributed by atoms with Crippen molar-refractivity contribution in [3.05, 3.63) is 59.7 Å². The number of ether oxygens (including phenoxy) is 2. The van der Waals surface area contributed by atoms with Crippen molar-refractivity contribution in [3.8, 4) is 11.5 Å². The summed E-state index contributed by atoms with van der Waals surface area (Å²) >= 11 is 0. The second-order valence-electron chi connectivity index (χ2n) is 6.62. The van der Waals surface area contributed by atoms with Crippen molar-refractivity contribution < 1.29 is 19.1 Å². The Bertz CT molecular complexity index is 775. The molecule has 1 fully saturated rings. The largest absolute Gasteiger partial charge is 0.497 e. The highest BCUT2D eigenvalue weighted by atomic mass is 16.5. The van der Waals surface area contributed by atoms with Crippen LogP contribution in [0.25, 0.3) is 0 Å². The quantitative estimate of drug-likeness (QED) is 0.728. The average Bonchev–Trinajstić information content (AvgIpc) is 2.74. The lowest BCUT2D eigenvalue weighted by Crippen LogP contribution is -2.40. The molecular weight excluding hydrogens is 342 g/mol. The molecular formula is C22H25NO4. The predicted molar refractivity (Wildman–Crippen MR) is 104 cm³/mol. The molecule has 1 saturated heterocycles. The molecule has 0 N–H and O–H groups in total. The molecule has 0 bridgehead atoms. The monoisotopic (exact) mass is 367 g/mol. The SMILES string of the molecule is CCOc1ccc(C(=O)N2CCC(C(=O)c3ccc(OC)cc3)CC2)cc1. The number of hydrogen-bond acceptors (Lipinski definition) is 4. The second-order valence-corrected chi connectivity index (χ2v) is 6.62. The first kappa shape index (κ1) is 19.0. The zero-order chi connectivity index (χ0) is 19.2. The van der Waals surface area contributed by atoms with E-state index in [0.29, 0.717) is 43.7 Å². The highest BCUT2D eigenvalue weighted by Crippen LogP contribution is 2.24. The van der Waals surface area contributed by atoms with Crippen molar-refractivity contribution in [1.29, 1.82) is 0 Å².